The lowest BCUT2D eigenvalue weighted by molar-refractivity contribution is 0.124. The molecule has 0 radical (unpaired) electrons. The summed E-state index contributed by atoms with van der Waals surface area (Å²) in [7, 11) is 2.13. The van der Waals surface area contributed by atoms with Gasteiger partial charge in [-0.25, -0.2) is 0 Å². The summed E-state index contributed by atoms with van der Waals surface area (Å²) in [6.07, 6.45) is 9.25. The molecule has 0 bridgehead atoms. The number of nitrogens with zero attached hydrogens (tertiary/aromatic N) is 5. The van der Waals surface area contributed by atoms with Gasteiger partial charge >= 0.3 is 0 Å². The quantitative estimate of drug-likeness (QED) is 0.681. The number of aryl methyl sites for hydroxylation is 2. The average molecular weight is 349 g/mol. The molecule has 0 amide bonds. The first kappa shape index (κ1) is 17.0. The maximum absolute atomic E-state index is 4.34. The fourth-order valence-corrected chi connectivity index (χ4v) is 3.89. The Morgan fingerprint density at radius 1 is 1.08 bits per heavy atom. The van der Waals surface area contributed by atoms with Crippen LogP contribution in [0.2, 0.25) is 0 Å². The number of hydrogen-bond donors (Lipinski definition) is 0. The first-order valence-electron chi connectivity index (χ1n) is 9.59. The van der Waals surface area contributed by atoms with Crippen LogP contribution in [0, 0.1) is 0 Å². The van der Waals surface area contributed by atoms with Crippen molar-refractivity contribution in [2.24, 2.45) is 7.05 Å². The Morgan fingerprint density at radius 3 is 2.77 bits per heavy atom. The summed E-state index contributed by atoms with van der Waals surface area (Å²) >= 11 is 0. The molecule has 0 spiro atoms. The van der Waals surface area contributed by atoms with Crippen molar-refractivity contribution in [3.05, 3.63) is 60.6 Å². The molecule has 26 heavy (non-hydrogen) atoms. The molecule has 136 valence electrons. The van der Waals surface area contributed by atoms with Gasteiger partial charge in [0.05, 0.1) is 6.20 Å². The van der Waals surface area contributed by atoms with Gasteiger partial charge in [-0.2, -0.15) is 0 Å². The highest BCUT2D eigenvalue weighted by Gasteiger charge is 2.23. The fourth-order valence-electron chi connectivity index (χ4n) is 3.89. The van der Waals surface area contributed by atoms with Crippen LogP contribution >= 0.6 is 0 Å². The minimum atomic E-state index is 0.628. The maximum atomic E-state index is 4.34. The number of likely N-dealkylation sites (tertiary alicyclic amines) is 1. The molecule has 0 saturated carbocycles. The number of rotatable bonds is 6. The fraction of sp³-hybridized carbons (Fsp3) is 0.429. The molecule has 2 aromatic heterocycles. The van der Waals surface area contributed by atoms with Crippen LogP contribution in [0.1, 0.15) is 31.4 Å². The van der Waals surface area contributed by atoms with Gasteiger partial charge in [0.2, 0.25) is 0 Å². The molecule has 1 atom stereocenters. The van der Waals surface area contributed by atoms with E-state index in [9.17, 15) is 0 Å². The molecule has 1 aliphatic rings. The third kappa shape index (κ3) is 3.88. The molecule has 1 aliphatic heterocycles. The summed E-state index contributed by atoms with van der Waals surface area (Å²) in [4.78, 5) is 2.65. The van der Waals surface area contributed by atoms with Crippen molar-refractivity contribution in [2.45, 2.75) is 44.8 Å². The molecule has 0 N–H and O–H groups in total. The van der Waals surface area contributed by atoms with Gasteiger partial charge in [-0.15, -0.1) is 5.10 Å². The van der Waals surface area contributed by atoms with E-state index in [-0.39, 0.29) is 0 Å². The minimum absolute atomic E-state index is 0.628. The first-order chi connectivity index (χ1) is 12.8. The van der Waals surface area contributed by atoms with Crippen LogP contribution in [-0.2, 0) is 20.1 Å². The second-order valence-electron chi connectivity index (χ2n) is 7.25. The Labute approximate surface area is 155 Å². The van der Waals surface area contributed by atoms with Gasteiger partial charge in [0.15, 0.2) is 0 Å². The molecule has 3 heterocycles. The largest absolute Gasteiger partial charge is 0.353 e. The highest BCUT2D eigenvalue weighted by molar-refractivity contribution is 5.57. The van der Waals surface area contributed by atoms with Crippen LogP contribution in [0.3, 0.4) is 0 Å². The highest BCUT2D eigenvalue weighted by atomic mass is 15.4. The van der Waals surface area contributed by atoms with Crippen molar-refractivity contribution in [1.82, 2.24) is 24.5 Å². The maximum Gasteiger partial charge on any atom is 0.113 e. The third-order valence-corrected chi connectivity index (χ3v) is 5.47. The Morgan fingerprint density at radius 2 is 1.96 bits per heavy atom. The van der Waals surface area contributed by atoms with Crippen LogP contribution in [0.15, 0.2) is 54.9 Å². The minimum Gasteiger partial charge on any atom is -0.353 e. The standard InChI is InChI=1S/C21H27N5/c1-24-13-7-11-20(24)16-25-14-6-5-10-19(25)12-15-26-17-21(22-23-26)18-8-3-2-4-9-18/h2-4,7-9,11,13,17,19H,5-6,10,12,14-16H2,1H3. The van der Waals surface area contributed by atoms with E-state index < -0.39 is 0 Å². The number of benzene rings is 1. The summed E-state index contributed by atoms with van der Waals surface area (Å²) in [6.45, 7) is 3.16. The highest BCUT2D eigenvalue weighted by Crippen LogP contribution is 2.23. The topological polar surface area (TPSA) is 38.9 Å². The van der Waals surface area contributed by atoms with Gasteiger partial charge in [0.1, 0.15) is 5.69 Å². The molecule has 4 rings (SSSR count). The Hall–Kier alpha value is -2.40. The molecule has 5 nitrogen and oxygen atoms in total. The lowest BCUT2D eigenvalue weighted by Gasteiger charge is -2.35. The van der Waals surface area contributed by atoms with Gasteiger partial charge < -0.3 is 4.57 Å². The molecule has 1 fully saturated rings. The summed E-state index contributed by atoms with van der Waals surface area (Å²) in [5.41, 5.74) is 3.47. The van der Waals surface area contributed by atoms with E-state index in [0.29, 0.717) is 6.04 Å². The van der Waals surface area contributed by atoms with Crippen molar-refractivity contribution >= 4 is 0 Å². The molecule has 1 unspecified atom stereocenters. The van der Waals surface area contributed by atoms with Gasteiger partial charge in [0, 0.05) is 43.6 Å². The zero-order chi connectivity index (χ0) is 17.8. The molecular weight excluding hydrogens is 322 g/mol. The molecule has 1 saturated heterocycles. The van der Waals surface area contributed by atoms with E-state index in [4.69, 9.17) is 0 Å². The monoisotopic (exact) mass is 349 g/mol. The van der Waals surface area contributed by atoms with Gasteiger partial charge in [-0.1, -0.05) is 42.0 Å². The summed E-state index contributed by atoms with van der Waals surface area (Å²) in [5.74, 6) is 0. The van der Waals surface area contributed by atoms with Gasteiger partial charge in [-0.3, -0.25) is 9.58 Å². The second-order valence-corrected chi connectivity index (χ2v) is 7.25. The van der Waals surface area contributed by atoms with E-state index >= 15 is 0 Å². The van der Waals surface area contributed by atoms with E-state index in [1.165, 1.54) is 31.5 Å². The van der Waals surface area contributed by atoms with E-state index in [1.807, 2.05) is 22.9 Å². The summed E-state index contributed by atoms with van der Waals surface area (Å²) in [5, 5.41) is 8.67. The van der Waals surface area contributed by atoms with Crippen LogP contribution in [0.4, 0.5) is 0 Å². The normalized spacial score (nSPS) is 18.3. The lowest BCUT2D eigenvalue weighted by Crippen LogP contribution is -2.39. The van der Waals surface area contributed by atoms with Crippen LogP contribution in [0.25, 0.3) is 11.3 Å². The zero-order valence-corrected chi connectivity index (χ0v) is 15.5. The predicted octanol–water partition coefficient (Wildman–Crippen LogP) is 3.73. The Bertz CT molecular complexity index is 820. The molecule has 1 aromatic carbocycles. The van der Waals surface area contributed by atoms with Crippen LogP contribution in [-0.4, -0.2) is 37.0 Å². The summed E-state index contributed by atoms with van der Waals surface area (Å²) in [6, 6.07) is 15.3. The van der Waals surface area contributed by atoms with E-state index in [2.05, 4.69) is 63.5 Å². The first-order valence-corrected chi connectivity index (χ1v) is 9.59. The van der Waals surface area contributed by atoms with E-state index in [0.717, 1.165) is 30.8 Å². The summed E-state index contributed by atoms with van der Waals surface area (Å²) < 4.78 is 4.23. The van der Waals surface area contributed by atoms with Crippen LogP contribution < -0.4 is 0 Å². The van der Waals surface area contributed by atoms with Crippen molar-refractivity contribution in [3.63, 3.8) is 0 Å². The molecule has 5 heteroatoms. The number of aromatic nitrogens is 4. The second kappa shape index (κ2) is 7.87. The smallest absolute Gasteiger partial charge is 0.113 e. The van der Waals surface area contributed by atoms with Crippen molar-refractivity contribution < 1.29 is 0 Å². The van der Waals surface area contributed by atoms with Crippen molar-refractivity contribution in [3.8, 4) is 11.3 Å². The van der Waals surface area contributed by atoms with Crippen LogP contribution in [0.5, 0.6) is 0 Å². The van der Waals surface area contributed by atoms with Gasteiger partial charge in [0.25, 0.3) is 0 Å². The zero-order valence-electron chi connectivity index (χ0n) is 15.5. The Balaban J connectivity index is 1.38. The van der Waals surface area contributed by atoms with Crippen molar-refractivity contribution in [1.29, 1.82) is 0 Å². The Kier molecular flexibility index (Phi) is 5.16. The molecular formula is C21H27N5. The number of hydrogen-bond acceptors (Lipinski definition) is 3. The SMILES string of the molecule is Cn1cccc1CN1CCCCC1CCn1cc(-c2ccccc2)nn1. The molecule has 0 aliphatic carbocycles. The number of piperidine rings is 1. The average Bonchev–Trinajstić information content (AvgIpc) is 3.31. The van der Waals surface area contributed by atoms with Gasteiger partial charge in [-0.05, 0) is 37.9 Å². The van der Waals surface area contributed by atoms with E-state index in [1.54, 1.807) is 0 Å². The molecule has 3 aromatic rings. The van der Waals surface area contributed by atoms with Crippen molar-refractivity contribution in [2.75, 3.05) is 6.54 Å². The predicted molar refractivity (Wildman–Crippen MR) is 104 cm³/mol. The lowest BCUT2D eigenvalue weighted by atomic mass is 9.99. The third-order valence-electron chi connectivity index (χ3n) is 5.47.